The molecule has 28 heavy (non-hydrogen) atoms. The van der Waals surface area contributed by atoms with E-state index >= 15 is 0 Å². The number of rotatable bonds is 9. The molecule has 1 heterocycles. The molecule has 1 atom stereocenters. The predicted octanol–water partition coefficient (Wildman–Crippen LogP) is 2.02. The van der Waals surface area contributed by atoms with Gasteiger partial charge in [-0.15, -0.1) is 0 Å². The molecule has 1 aromatic heterocycles. The zero-order valence-corrected chi connectivity index (χ0v) is 17.1. The minimum Gasteiger partial charge on any atom is -0.464 e. The van der Waals surface area contributed by atoms with Gasteiger partial charge >= 0.3 is 5.97 Å². The van der Waals surface area contributed by atoms with E-state index in [9.17, 15) is 14.4 Å². The van der Waals surface area contributed by atoms with Crippen LogP contribution in [0.1, 0.15) is 30.2 Å². The van der Waals surface area contributed by atoms with Crippen LogP contribution in [0.25, 0.3) is 0 Å². The SMILES string of the molecule is CCOC(=O)C(Cc1ccccc1)NC(=O)CCc1c(C)nc(SC)[nH]c1=O. The quantitative estimate of drug-likeness (QED) is 0.377. The molecule has 1 aromatic carbocycles. The van der Waals surface area contributed by atoms with Crippen molar-refractivity contribution < 1.29 is 14.3 Å². The number of carbonyl (C=O) groups excluding carboxylic acids is 2. The fourth-order valence-corrected chi connectivity index (χ4v) is 3.19. The van der Waals surface area contributed by atoms with Crippen LogP contribution in [-0.4, -0.2) is 40.7 Å². The Kier molecular flexibility index (Phi) is 8.25. The van der Waals surface area contributed by atoms with Gasteiger partial charge in [0, 0.05) is 24.1 Å². The first-order valence-electron chi connectivity index (χ1n) is 9.08. The van der Waals surface area contributed by atoms with E-state index in [-0.39, 0.29) is 30.9 Å². The Labute approximate surface area is 168 Å². The van der Waals surface area contributed by atoms with E-state index in [0.29, 0.717) is 22.8 Å². The lowest BCUT2D eigenvalue weighted by atomic mass is 10.1. The average molecular weight is 404 g/mol. The summed E-state index contributed by atoms with van der Waals surface area (Å²) in [7, 11) is 0. The van der Waals surface area contributed by atoms with Gasteiger partial charge in [0.1, 0.15) is 6.04 Å². The Morgan fingerprint density at radius 2 is 2.00 bits per heavy atom. The van der Waals surface area contributed by atoms with Gasteiger partial charge in [-0.05, 0) is 32.1 Å². The van der Waals surface area contributed by atoms with Gasteiger partial charge in [-0.2, -0.15) is 0 Å². The van der Waals surface area contributed by atoms with Crippen molar-refractivity contribution in [1.82, 2.24) is 15.3 Å². The third-order valence-electron chi connectivity index (χ3n) is 4.18. The second kappa shape index (κ2) is 10.7. The van der Waals surface area contributed by atoms with Gasteiger partial charge in [0.05, 0.1) is 6.61 Å². The fraction of sp³-hybridized carbons (Fsp3) is 0.400. The largest absolute Gasteiger partial charge is 0.464 e. The van der Waals surface area contributed by atoms with Crippen molar-refractivity contribution in [3.8, 4) is 0 Å². The third-order valence-corrected chi connectivity index (χ3v) is 4.76. The molecule has 0 saturated heterocycles. The number of H-pyrrole nitrogens is 1. The summed E-state index contributed by atoms with van der Waals surface area (Å²) in [6.07, 6.45) is 2.49. The van der Waals surface area contributed by atoms with E-state index in [1.165, 1.54) is 11.8 Å². The number of aromatic nitrogens is 2. The van der Waals surface area contributed by atoms with Gasteiger partial charge in [0.25, 0.3) is 5.56 Å². The number of nitrogens with zero attached hydrogens (tertiary/aromatic N) is 1. The van der Waals surface area contributed by atoms with Gasteiger partial charge in [0.2, 0.25) is 5.91 Å². The van der Waals surface area contributed by atoms with Gasteiger partial charge in [-0.1, -0.05) is 42.1 Å². The third kappa shape index (κ3) is 6.23. The number of nitrogens with one attached hydrogen (secondary N) is 2. The Morgan fingerprint density at radius 1 is 1.29 bits per heavy atom. The number of aryl methyl sites for hydroxylation is 1. The minimum atomic E-state index is -0.772. The number of carbonyl (C=O) groups is 2. The molecule has 150 valence electrons. The molecule has 0 saturated carbocycles. The normalized spacial score (nSPS) is 11.7. The number of ether oxygens (including phenoxy) is 1. The summed E-state index contributed by atoms with van der Waals surface area (Å²) < 4.78 is 5.08. The smallest absolute Gasteiger partial charge is 0.328 e. The molecule has 0 spiro atoms. The van der Waals surface area contributed by atoms with Gasteiger partial charge in [0.15, 0.2) is 5.16 Å². The van der Waals surface area contributed by atoms with Crippen LogP contribution in [-0.2, 0) is 27.2 Å². The lowest BCUT2D eigenvalue weighted by Gasteiger charge is -2.17. The molecular formula is C20H25N3O4S. The Morgan fingerprint density at radius 3 is 2.61 bits per heavy atom. The second-order valence-corrected chi connectivity index (χ2v) is 7.00. The van der Waals surface area contributed by atoms with Crippen LogP contribution in [0.15, 0.2) is 40.3 Å². The van der Waals surface area contributed by atoms with Crippen molar-refractivity contribution >= 4 is 23.6 Å². The lowest BCUT2D eigenvalue weighted by molar-refractivity contribution is -0.147. The molecule has 0 fully saturated rings. The van der Waals surface area contributed by atoms with Crippen LogP contribution in [0.2, 0.25) is 0 Å². The molecule has 7 nitrogen and oxygen atoms in total. The summed E-state index contributed by atoms with van der Waals surface area (Å²) in [5.41, 5.74) is 1.76. The predicted molar refractivity (Wildman–Crippen MR) is 108 cm³/mol. The maximum atomic E-state index is 12.4. The van der Waals surface area contributed by atoms with Crippen LogP contribution in [0.3, 0.4) is 0 Å². The molecule has 1 amide bonds. The number of aromatic amines is 1. The molecule has 0 aliphatic carbocycles. The summed E-state index contributed by atoms with van der Waals surface area (Å²) in [5.74, 6) is -0.790. The maximum Gasteiger partial charge on any atom is 0.328 e. The van der Waals surface area contributed by atoms with E-state index in [0.717, 1.165) is 5.56 Å². The number of thioether (sulfide) groups is 1. The average Bonchev–Trinajstić information content (AvgIpc) is 2.67. The number of esters is 1. The lowest BCUT2D eigenvalue weighted by Crippen LogP contribution is -2.43. The summed E-state index contributed by atoms with van der Waals surface area (Å²) in [4.78, 5) is 43.8. The van der Waals surface area contributed by atoms with Crippen LogP contribution in [0.5, 0.6) is 0 Å². The van der Waals surface area contributed by atoms with E-state index in [1.807, 2.05) is 36.6 Å². The molecule has 0 radical (unpaired) electrons. The number of benzene rings is 1. The van der Waals surface area contributed by atoms with Crippen molar-refractivity contribution in [3.63, 3.8) is 0 Å². The van der Waals surface area contributed by atoms with Crippen molar-refractivity contribution in [2.24, 2.45) is 0 Å². The second-order valence-electron chi connectivity index (χ2n) is 6.20. The molecule has 2 rings (SSSR count). The van der Waals surface area contributed by atoms with Crippen LogP contribution in [0.4, 0.5) is 0 Å². The zero-order chi connectivity index (χ0) is 20.5. The summed E-state index contributed by atoms with van der Waals surface area (Å²) in [6, 6.07) is 8.64. The number of amides is 1. The molecule has 0 aliphatic heterocycles. The van der Waals surface area contributed by atoms with Crippen molar-refractivity contribution in [3.05, 3.63) is 57.5 Å². The highest BCUT2D eigenvalue weighted by Gasteiger charge is 2.22. The van der Waals surface area contributed by atoms with Crippen molar-refractivity contribution in [2.45, 2.75) is 44.3 Å². The van der Waals surface area contributed by atoms with Gasteiger partial charge < -0.3 is 15.0 Å². The molecule has 8 heteroatoms. The van der Waals surface area contributed by atoms with Crippen molar-refractivity contribution in [1.29, 1.82) is 0 Å². The maximum absolute atomic E-state index is 12.4. The molecule has 0 aliphatic rings. The van der Waals surface area contributed by atoms with E-state index in [1.54, 1.807) is 13.8 Å². The first-order chi connectivity index (χ1) is 13.4. The Balaban J connectivity index is 2.03. The zero-order valence-electron chi connectivity index (χ0n) is 16.3. The van der Waals surface area contributed by atoms with Gasteiger partial charge in [-0.3, -0.25) is 9.59 Å². The summed E-state index contributed by atoms with van der Waals surface area (Å²) in [6.45, 7) is 3.71. The van der Waals surface area contributed by atoms with Crippen LogP contribution < -0.4 is 10.9 Å². The highest BCUT2D eigenvalue weighted by Crippen LogP contribution is 2.10. The standard InChI is InChI=1S/C20H25N3O4S/c1-4-27-19(26)16(12-14-8-6-5-7-9-14)22-17(24)11-10-15-13(2)21-20(28-3)23-18(15)25/h5-9,16H,4,10-12H2,1-3H3,(H,22,24)(H,21,23,25). The minimum absolute atomic E-state index is 0.0783. The summed E-state index contributed by atoms with van der Waals surface area (Å²) >= 11 is 1.35. The fourth-order valence-electron chi connectivity index (χ4n) is 2.77. The molecule has 2 aromatic rings. The highest BCUT2D eigenvalue weighted by molar-refractivity contribution is 7.98. The van der Waals surface area contributed by atoms with Crippen LogP contribution in [0, 0.1) is 6.92 Å². The monoisotopic (exact) mass is 403 g/mol. The van der Waals surface area contributed by atoms with E-state index in [4.69, 9.17) is 4.74 Å². The van der Waals surface area contributed by atoms with E-state index in [2.05, 4.69) is 15.3 Å². The molecule has 0 bridgehead atoms. The van der Waals surface area contributed by atoms with Gasteiger partial charge in [-0.25, -0.2) is 9.78 Å². The van der Waals surface area contributed by atoms with Crippen molar-refractivity contribution in [2.75, 3.05) is 12.9 Å². The highest BCUT2D eigenvalue weighted by atomic mass is 32.2. The molecule has 1 unspecified atom stereocenters. The topological polar surface area (TPSA) is 101 Å². The molecule has 2 N–H and O–H groups in total. The van der Waals surface area contributed by atoms with Crippen LogP contribution >= 0.6 is 11.8 Å². The number of hydrogen-bond donors (Lipinski definition) is 2. The van der Waals surface area contributed by atoms with E-state index < -0.39 is 12.0 Å². The number of hydrogen-bond acceptors (Lipinski definition) is 6. The molecular weight excluding hydrogens is 378 g/mol. The first-order valence-corrected chi connectivity index (χ1v) is 10.3. The first kappa shape index (κ1) is 21.7. The Hall–Kier alpha value is -2.61. The summed E-state index contributed by atoms with van der Waals surface area (Å²) in [5, 5.41) is 3.27. The Bertz CT molecular complexity index is 867.